The summed E-state index contributed by atoms with van der Waals surface area (Å²) in [5.41, 5.74) is 5.38. The molecular weight excluding hydrogens is 276 g/mol. The lowest BCUT2D eigenvalue weighted by molar-refractivity contribution is 0.0645. The number of amides is 1. The summed E-state index contributed by atoms with van der Waals surface area (Å²) in [4.78, 5) is 16.9. The van der Waals surface area contributed by atoms with Crippen LogP contribution in [0, 0.1) is 0 Å². The molecule has 5 N–H and O–H groups in total. The van der Waals surface area contributed by atoms with Crippen molar-refractivity contribution >= 4 is 28.2 Å². The average Bonchev–Trinajstić information content (AvgIpc) is 2.70. The number of rotatable bonds is 5. The Hall–Kier alpha value is -1.34. The van der Waals surface area contributed by atoms with Crippen molar-refractivity contribution in [3.05, 3.63) is 4.88 Å². The van der Waals surface area contributed by atoms with Crippen LogP contribution in [-0.4, -0.2) is 34.2 Å². The minimum Gasteiger partial charge on any atom is -0.394 e. The molecule has 0 aromatic carbocycles. The largest absolute Gasteiger partial charge is 0.394 e. The molecule has 1 heterocycles. The van der Waals surface area contributed by atoms with E-state index in [9.17, 15) is 9.90 Å². The molecule has 0 bridgehead atoms. The van der Waals surface area contributed by atoms with E-state index in [0.717, 1.165) is 32.1 Å². The van der Waals surface area contributed by atoms with E-state index in [1.54, 1.807) is 0 Å². The molecule has 1 aromatic heterocycles. The smallest absolute Gasteiger partial charge is 0.265 e. The normalized spacial score (nSPS) is 20.9. The molecule has 0 aliphatic heterocycles. The lowest BCUT2D eigenvalue weighted by Gasteiger charge is -2.40. The summed E-state index contributed by atoms with van der Waals surface area (Å²) >= 11 is 1.29. The third-order valence-electron chi connectivity index (χ3n) is 4.28. The Kier molecular flexibility index (Phi) is 3.55. The van der Waals surface area contributed by atoms with Gasteiger partial charge in [-0.25, -0.2) is 4.98 Å². The summed E-state index contributed by atoms with van der Waals surface area (Å²) in [7, 11) is 0. The zero-order chi connectivity index (χ0) is 14.2. The van der Waals surface area contributed by atoms with Crippen LogP contribution in [0.1, 0.15) is 48.2 Å². The number of aromatic nitrogens is 1. The highest BCUT2D eigenvalue weighted by molar-refractivity contribution is 7.18. The number of hydrogen-bond acceptors (Lipinski definition) is 6. The van der Waals surface area contributed by atoms with Crippen LogP contribution in [0.25, 0.3) is 0 Å². The average molecular weight is 296 g/mol. The number of carbonyl (C=O) groups is 1. The molecule has 0 saturated heterocycles. The van der Waals surface area contributed by atoms with E-state index >= 15 is 0 Å². The maximum absolute atomic E-state index is 12.3. The van der Waals surface area contributed by atoms with Crippen molar-refractivity contribution in [3.63, 3.8) is 0 Å². The Morgan fingerprint density at radius 2 is 2.20 bits per heavy atom. The summed E-state index contributed by atoms with van der Waals surface area (Å²) in [6, 6.07) is 0.465. The fourth-order valence-corrected chi connectivity index (χ4v) is 3.36. The molecule has 0 spiro atoms. The third-order valence-corrected chi connectivity index (χ3v) is 5.29. The summed E-state index contributed by atoms with van der Waals surface area (Å²) in [6.07, 6.45) is 6.21. The van der Waals surface area contributed by atoms with Gasteiger partial charge in [0.05, 0.1) is 12.1 Å². The van der Waals surface area contributed by atoms with Gasteiger partial charge >= 0.3 is 0 Å². The SMILES string of the molecule is Nc1nc(NC2CCC2)sc1C(=O)NC1(CO)CCC1. The first kappa shape index (κ1) is 13.6. The summed E-state index contributed by atoms with van der Waals surface area (Å²) in [5, 5.41) is 16.3. The summed E-state index contributed by atoms with van der Waals surface area (Å²) in [6.45, 7) is -0.0232. The topological polar surface area (TPSA) is 100 Å². The van der Waals surface area contributed by atoms with Crippen LogP contribution in [-0.2, 0) is 0 Å². The molecule has 3 rings (SSSR count). The van der Waals surface area contributed by atoms with Crippen molar-refractivity contribution in [1.82, 2.24) is 10.3 Å². The van der Waals surface area contributed by atoms with Crippen LogP contribution in [0.4, 0.5) is 10.9 Å². The van der Waals surface area contributed by atoms with Crippen LogP contribution in [0.5, 0.6) is 0 Å². The molecule has 2 aliphatic carbocycles. The van der Waals surface area contributed by atoms with E-state index in [-0.39, 0.29) is 18.3 Å². The van der Waals surface area contributed by atoms with Crippen LogP contribution in [0.15, 0.2) is 0 Å². The Morgan fingerprint density at radius 1 is 1.45 bits per heavy atom. The first-order valence-corrected chi connectivity index (χ1v) is 7.90. The molecule has 1 aromatic rings. The number of nitrogens with zero attached hydrogens (tertiary/aromatic N) is 1. The Morgan fingerprint density at radius 3 is 2.70 bits per heavy atom. The second-order valence-corrected chi connectivity index (χ2v) is 6.75. The number of aliphatic hydroxyl groups excluding tert-OH is 1. The highest BCUT2D eigenvalue weighted by Gasteiger charge is 2.38. The molecule has 6 nitrogen and oxygen atoms in total. The minimum absolute atomic E-state index is 0.0232. The molecule has 2 saturated carbocycles. The first-order chi connectivity index (χ1) is 9.62. The van der Waals surface area contributed by atoms with Crippen molar-refractivity contribution < 1.29 is 9.90 Å². The highest BCUT2D eigenvalue weighted by atomic mass is 32.1. The first-order valence-electron chi connectivity index (χ1n) is 7.08. The molecule has 1 amide bonds. The van der Waals surface area contributed by atoms with E-state index in [1.807, 2.05) is 0 Å². The number of hydrogen-bond donors (Lipinski definition) is 4. The van der Waals surface area contributed by atoms with Crippen molar-refractivity contribution in [2.24, 2.45) is 0 Å². The molecule has 110 valence electrons. The fraction of sp³-hybridized carbons (Fsp3) is 0.692. The van der Waals surface area contributed by atoms with E-state index < -0.39 is 5.54 Å². The van der Waals surface area contributed by atoms with Gasteiger partial charge in [-0.1, -0.05) is 11.3 Å². The molecule has 2 aliphatic rings. The standard InChI is InChI=1S/C13H20N4O2S/c14-10-9(11(19)17-13(7-18)5-2-6-13)20-12(16-10)15-8-3-1-4-8/h8,18H,1-7,14H2,(H,15,16)(H,17,19). The maximum atomic E-state index is 12.3. The second kappa shape index (κ2) is 5.21. The van der Waals surface area contributed by atoms with Gasteiger partial charge in [-0.3, -0.25) is 4.79 Å². The minimum atomic E-state index is -0.449. The molecule has 7 heteroatoms. The van der Waals surface area contributed by atoms with Crippen LogP contribution < -0.4 is 16.4 Å². The van der Waals surface area contributed by atoms with Crippen molar-refractivity contribution in [2.45, 2.75) is 50.1 Å². The highest BCUT2D eigenvalue weighted by Crippen LogP contribution is 2.33. The van der Waals surface area contributed by atoms with Crippen molar-refractivity contribution in [1.29, 1.82) is 0 Å². The van der Waals surface area contributed by atoms with Gasteiger partial charge in [0.1, 0.15) is 10.7 Å². The lowest BCUT2D eigenvalue weighted by Crippen LogP contribution is -2.56. The van der Waals surface area contributed by atoms with Gasteiger partial charge in [-0.05, 0) is 38.5 Å². The Bertz CT molecular complexity index is 503. The van der Waals surface area contributed by atoms with Gasteiger partial charge in [0, 0.05) is 6.04 Å². The van der Waals surface area contributed by atoms with Crippen LogP contribution in [0.3, 0.4) is 0 Å². The van der Waals surface area contributed by atoms with Gasteiger partial charge in [-0.2, -0.15) is 0 Å². The van der Waals surface area contributed by atoms with Gasteiger partial charge < -0.3 is 21.5 Å². The predicted octanol–water partition coefficient (Wildman–Crippen LogP) is 1.33. The molecule has 0 radical (unpaired) electrons. The molecule has 2 fully saturated rings. The zero-order valence-corrected chi connectivity index (χ0v) is 12.1. The van der Waals surface area contributed by atoms with Gasteiger partial charge in [0.2, 0.25) is 0 Å². The van der Waals surface area contributed by atoms with Crippen LogP contribution >= 0.6 is 11.3 Å². The Labute approximate surface area is 121 Å². The van der Waals surface area contributed by atoms with E-state index in [0.29, 0.717) is 16.1 Å². The zero-order valence-electron chi connectivity index (χ0n) is 11.3. The predicted molar refractivity (Wildman–Crippen MR) is 78.9 cm³/mol. The molecular formula is C13H20N4O2S. The second-order valence-electron chi connectivity index (χ2n) is 5.75. The van der Waals surface area contributed by atoms with Gasteiger partial charge in [-0.15, -0.1) is 0 Å². The number of carbonyl (C=O) groups excluding carboxylic acids is 1. The molecule has 0 atom stereocenters. The van der Waals surface area contributed by atoms with Gasteiger partial charge in [0.15, 0.2) is 5.13 Å². The number of nitrogens with one attached hydrogen (secondary N) is 2. The summed E-state index contributed by atoms with van der Waals surface area (Å²) in [5.74, 6) is 0.0390. The van der Waals surface area contributed by atoms with E-state index in [1.165, 1.54) is 17.8 Å². The summed E-state index contributed by atoms with van der Waals surface area (Å²) < 4.78 is 0. The number of nitrogen functional groups attached to an aromatic ring is 1. The number of aliphatic hydroxyl groups is 1. The van der Waals surface area contributed by atoms with Crippen LogP contribution in [0.2, 0.25) is 0 Å². The van der Waals surface area contributed by atoms with E-state index in [4.69, 9.17) is 5.73 Å². The van der Waals surface area contributed by atoms with E-state index in [2.05, 4.69) is 15.6 Å². The molecule has 20 heavy (non-hydrogen) atoms. The van der Waals surface area contributed by atoms with Crippen molar-refractivity contribution in [2.75, 3.05) is 17.7 Å². The molecule has 0 unspecified atom stereocenters. The van der Waals surface area contributed by atoms with Crippen molar-refractivity contribution in [3.8, 4) is 0 Å². The number of thiazole rings is 1. The lowest BCUT2D eigenvalue weighted by atomic mass is 9.77. The third kappa shape index (κ3) is 2.47. The fourth-order valence-electron chi connectivity index (χ4n) is 2.51. The monoisotopic (exact) mass is 296 g/mol. The van der Waals surface area contributed by atoms with Gasteiger partial charge in [0.25, 0.3) is 5.91 Å². The quantitative estimate of drug-likeness (QED) is 0.657. The number of nitrogens with two attached hydrogens (primary N) is 1. The number of anilines is 2. The Balaban J connectivity index is 1.67. The maximum Gasteiger partial charge on any atom is 0.265 e.